The van der Waals surface area contributed by atoms with Crippen LogP contribution in [0.2, 0.25) is 10.0 Å². The van der Waals surface area contributed by atoms with Crippen molar-refractivity contribution in [3.8, 4) is 11.4 Å². The Morgan fingerprint density at radius 2 is 1.90 bits per heavy atom. The quantitative estimate of drug-likeness (QED) is 0.480. The van der Waals surface area contributed by atoms with E-state index in [4.69, 9.17) is 27.7 Å². The van der Waals surface area contributed by atoms with Gasteiger partial charge in [-0.3, -0.25) is 9.69 Å². The molecule has 0 bridgehead atoms. The summed E-state index contributed by atoms with van der Waals surface area (Å²) in [6.07, 6.45) is 1.57. The molecule has 0 aliphatic carbocycles. The van der Waals surface area contributed by atoms with E-state index in [1.165, 1.54) is 0 Å². The van der Waals surface area contributed by atoms with Crippen LogP contribution >= 0.6 is 39.1 Å². The van der Waals surface area contributed by atoms with Crippen molar-refractivity contribution in [2.24, 2.45) is 5.92 Å². The Labute approximate surface area is 192 Å². The first-order valence-electron chi connectivity index (χ1n) is 9.55. The van der Waals surface area contributed by atoms with Gasteiger partial charge in [0.2, 0.25) is 17.6 Å². The second-order valence-electron chi connectivity index (χ2n) is 7.18. The lowest BCUT2D eigenvalue weighted by Gasteiger charge is -2.30. The number of nitrogens with one attached hydrogen (secondary N) is 1. The zero-order valence-corrected chi connectivity index (χ0v) is 19.0. The highest BCUT2D eigenvalue weighted by Crippen LogP contribution is 2.29. The summed E-state index contributed by atoms with van der Waals surface area (Å²) in [7, 11) is 0. The molecule has 2 heterocycles. The molecule has 0 spiro atoms. The number of likely N-dealkylation sites (tertiary alicyclic amines) is 1. The third-order valence-electron chi connectivity index (χ3n) is 5.07. The molecule has 3 aromatic rings. The van der Waals surface area contributed by atoms with Crippen LogP contribution in [0.25, 0.3) is 11.4 Å². The van der Waals surface area contributed by atoms with E-state index >= 15 is 0 Å². The number of hydrogen-bond acceptors (Lipinski definition) is 5. The summed E-state index contributed by atoms with van der Waals surface area (Å²) in [5.41, 5.74) is 1.49. The molecular formula is C21H19BrCl2N4O2. The number of carbonyl (C=O) groups is 1. The number of amides is 1. The summed E-state index contributed by atoms with van der Waals surface area (Å²) in [6.45, 7) is 2.12. The summed E-state index contributed by atoms with van der Waals surface area (Å²) < 4.78 is 6.38. The average molecular weight is 510 g/mol. The number of benzene rings is 2. The summed E-state index contributed by atoms with van der Waals surface area (Å²) in [4.78, 5) is 19.2. The molecule has 1 aliphatic heterocycles. The summed E-state index contributed by atoms with van der Waals surface area (Å²) in [5.74, 6) is 1.02. The smallest absolute Gasteiger partial charge is 0.241 e. The molecule has 1 aromatic heterocycles. The van der Waals surface area contributed by atoms with Crippen LogP contribution in [0.5, 0.6) is 0 Å². The van der Waals surface area contributed by atoms with Crippen LogP contribution in [0.4, 0.5) is 5.69 Å². The third kappa shape index (κ3) is 5.21. The molecule has 30 heavy (non-hydrogen) atoms. The predicted molar refractivity (Wildman–Crippen MR) is 121 cm³/mol. The highest BCUT2D eigenvalue weighted by atomic mass is 79.9. The molecule has 4 rings (SSSR count). The van der Waals surface area contributed by atoms with Crippen molar-refractivity contribution in [3.05, 3.63) is 62.9 Å². The number of aromatic nitrogens is 2. The van der Waals surface area contributed by atoms with E-state index in [0.717, 1.165) is 36.1 Å². The minimum absolute atomic E-state index is 0.00369. The number of nitrogens with zero attached hydrogens (tertiary/aromatic N) is 3. The van der Waals surface area contributed by atoms with Gasteiger partial charge in [-0.1, -0.05) is 44.3 Å². The Morgan fingerprint density at radius 3 is 2.60 bits per heavy atom. The first-order valence-corrected chi connectivity index (χ1v) is 11.1. The van der Waals surface area contributed by atoms with Gasteiger partial charge < -0.3 is 9.84 Å². The Kier molecular flexibility index (Phi) is 6.73. The zero-order chi connectivity index (χ0) is 21.1. The van der Waals surface area contributed by atoms with E-state index in [-0.39, 0.29) is 11.8 Å². The third-order valence-corrected chi connectivity index (χ3v) is 6.15. The van der Waals surface area contributed by atoms with Gasteiger partial charge in [-0.05, 0) is 68.4 Å². The number of anilines is 1. The monoisotopic (exact) mass is 508 g/mol. The average Bonchev–Trinajstić information content (AvgIpc) is 3.18. The molecule has 1 N–H and O–H groups in total. The van der Waals surface area contributed by atoms with Gasteiger partial charge in [-0.2, -0.15) is 4.98 Å². The largest absolute Gasteiger partial charge is 0.338 e. The lowest BCUT2D eigenvalue weighted by atomic mass is 9.96. The van der Waals surface area contributed by atoms with Gasteiger partial charge >= 0.3 is 0 Å². The molecular weight excluding hydrogens is 491 g/mol. The fourth-order valence-electron chi connectivity index (χ4n) is 3.42. The fraction of sp³-hybridized carbons (Fsp3) is 0.286. The van der Waals surface area contributed by atoms with Crippen LogP contribution in [-0.2, 0) is 11.3 Å². The number of halogens is 3. The van der Waals surface area contributed by atoms with Crippen molar-refractivity contribution in [2.75, 3.05) is 18.4 Å². The highest BCUT2D eigenvalue weighted by Gasteiger charge is 2.26. The van der Waals surface area contributed by atoms with E-state index in [1.54, 1.807) is 18.2 Å². The minimum Gasteiger partial charge on any atom is -0.338 e. The molecule has 1 aliphatic rings. The van der Waals surface area contributed by atoms with Gasteiger partial charge in [-0.25, -0.2) is 0 Å². The first kappa shape index (κ1) is 21.3. The molecule has 0 atom stereocenters. The molecule has 9 heteroatoms. The topological polar surface area (TPSA) is 71.3 Å². The first-order chi connectivity index (χ1) is 14.5. The molecule has 0 unspecified atom stereocenters. The van der Waals surface area contributed by atoms with Crippen molar-refractivity contribution in [3.63, 3.8) is 0 Å². The second kappa shape index (κ2) is 9.47. The Balaban J connectivity index is 1.30. The lowest BCUT2D eigenvalue weighted by Crippen LogP contribution is -2.37. The van der Waals surface area contributed by atoms with Gasteiger partial charge in [0.1, 0.15) is 0 Å². The van der Waals surface area contributed by atoms with E-state index in [1.807, 2.05) is 24.3 Å². The Bertz CT molecular complexity index is 1030. The van der Waals surface area contributed by atoms with Crippen molar-refractivity contribution in [2.45, 2.75) is 19.4 Å². The minimum atomic E-state index is -0.00369. The zero-order valence-electron chi connectivity index (χ0n) is 15.9. The van der Waals surface area contributed by atoms with E-state index in [2.05, 4.69) is 36.3 Å². The Morgan fingerprint density at radius 1 is 1.17 bits per heavy atom. The molecule has 0 saturated carbocycles. The lowest BCUT2D eigenvalue weighted by molar-refractivity contribution is -0.121. The van der Waals surface area contributed by atoms with Crippen molar-refractivity contribution >= 4 is 50.7 Å². The van der Waals surface area contributed by atoms with Crippen LogP contribution in [0, 0.1) is 5.92 Å². The van der Waals surface area contributed by atoms with E-state index in [0.29, 0.717) is 33.9 Å². The van der Waals surface area contributed by atoms with Crippen LogP contribution < -0.4 is 5.32 Å². The summed E-state index contributed by atoms with van der Waals surface area (Å²) in [6, 6.07) is 12.8. The van der Waals surface area contributed by atoms with Crippen LogP contribution in [-0.4, -0.2) is 34.0 Å². The van der Waals surface area contributed by atoms with Crippen LogP contribution in [0.3, 0.4) is 0 Å². The molecule has 1 amide bonds. The van der Waals surface area contributed by atoms with Gasteiger partial charge in [-0.15, -0.1) is 0 Å². The maximum atomic E-state index is 12.5. The fourth-order valence-corrected chi connectivity index (χ4v) is 4.18. The van der Waals surface area contributed by atoms with Crippen LogP contribution in [0.1, 0.15) is 18.7 Å². The maximum Gasteiger partial charge on any atom is 0.241 e. The molecule has 2 aromatic carbocycles. The molecule has 156 valence electrons. The predicted octanol–water partition coefficient (Wildman–Crippen LogP) is 5.66. The maximum absolute atomic E-state index is 12.5. The standard InChI is InChI=1S/C21H19BrCl2N4O2/c22-14-1-4-16(5-2-14)25-21(29)13-7-9-28(10-8-13)12-19-26-20(27-30-19)17-6-3-15(23)11-18(17)24/h1-6,11,13H,7-10,12H2,(H,25,29). The molecule has 1 fully saturated rings. The van der Waals surface area contributed by atoms with Crippen molar-refractivity contribution in [1.82, 2.24) is 15.0 Å². The molecule has 0 radical (unpaired) electrons. The van der Waals surface area contributed by atoms with Gasteiger partial charge in [0, 0.05) is 26.7 Å². The van der Waals surface area contributed by atoms with Crippen molar-refractivity contribution in [1.29, 1.82) is 0 Å². The second-order valence-corrected chi connectivity index (χ2v) is 8.94. The normalized spacial score (nSPS) is 15.3. The number of carbonyl (C=O) groups excluding carboxylic acids is 1. The Hall–Kier alpha value is -1.93. The number of hydrogen-bond donors (Lipinski definition) is 1. The van der Waals surface area contributed by atoms with E-state index < -0.39 is 0 Å². The number of piperidine rings is 1. The SMILES string of the molecule is O=C(Nc1ccc(Br)cc1)C1CCN(Cc2nc(-c3ccc(Cl)cc3Cl)no2)CC1. The number of rotatable bonds is 5. The summed E-state index contributed by atoms with van der Waals surface area (Å²) in [5, 5.41) is 8.06. The molecule has 1 saturated heterocycles. The summed E-state index contributed by atoms with van der Waals surface area (Å²) >= 11 is 15.6. The van der Waals surface area contributed by atoms with Gasteiger partial charge in [0.15, 0.2) is 0 Å². The van der Waals surface area contributed by atoms with E-state index in [9.17, 15) is 4.79 Å². The molecule has 6 nitrogen and oxygen atoms in total. The highest BCUT2D eigenvalue weighted by molar-refractivity contribution is 9.10. The van der Waals surface area contributed by atoms with Gasteiger partial charge in [0.05, 0.1) is 11.6 Å². The van der Waals surface area contributed by atoms with Gasteiger partial charge in [0.25, 0.3) is 0 Å². The van der Waals surface area contributed by atoms with Crippen LogP contribution in [0.15, 0.2) is 51.5 Å². The van der Waals surface area contributed by atoms with Crippen molar-refractivity contribution < 1.29 is 9.32 Å².